The molecule has 0 bridgehead atoms. The third-order valence-electron chi connectivity index (χ3n) is 4.21. The second-order valence-corrected chi connectivity index (χ2v) is 6.87. The van der Waals surface area contributed by atoms with E-state index in [2.05, 4.69) is 41.5 Å². The zero-order valence-electron chi connectivity index (χ0n) is 14.8. The van der Waals surface area contributed by atoms with Gasteiger partial charge in [-0.1, -0.05) is 37.3 Å². The molecule has 0 aliphatic rings. The smallest absolute Gasteiger partial charge is 0.262 e. The summed E-state index contributed by atoms with van der Waals surface area (Å²) in [6.45, 7) is 4.32. The Balaban J connectivity index is 1.51. The van der Waals surface area contributed by atoms with Crippen molar-refractivity contribution in [2.24, 2.45) is 0 Å². The number of nitrogens with zero attached hydrogens (tertiary/aromatic N) is 2. The molecule has 3 rings (SSSR count). The molecule has 0 aliphatic heterocycles. The lowest BCUT2D eigenvalue weighted by Gasteiger charge is -2.11. The summed E-state index contributed by atoms with van der Waals surface area (Å²) in [5.41, 5.74) is 4.72. The second-order valence-electron chi connectivity index (χ2n) is 6.04. The highest BCUT2D eigenvalue weighted by molar-refractivity contribution is 7.12. The van der Waals surface area contributed by atoms with E-state index in [1.165, 1.54) is 16.9 Å². The number of carbonyl (C=O) groups is 1. The van der Waals surface area contributed by atoms with Gasteiger partial charge in [0.05, 0.1) is 0 Å². The van der Waals surface area contributed by atoms with Crippen molar-refractivity contribution >= 4 is 22.9 Å². The van der Waals surface area contributed by atoms with Gasteiger partial charge in [0, 0.05) is 11.3 Å². The Hall–Kier alpha value is -2.73. The van der Waals surface area contributed by atoms with E-state index in [1.807, 2.05) is 36.4 Å². The first-order chi connectivity index (χ1) is 12.7. The molecule has 6 heteroatoms. The van der Waals surface area contributed by atoms with Crippen LogP contribution in [-0.4, -0.2) is 22.7 Å². The third-order valence-corrected chi connectivity index (χ3v) is 4.95. The van der Waals surface area contributed by atoms with Gasteiger partial charge in [-0.05, 0) is 54.3 Å². The van der Waals surface area contributed by atoms with Crippen molar-refractivity contribution in [3.05, 3.63) is 59.6 Å². The van der Waals surface area contributed by atoms with Gasteiger partial charge in [0.15, 0.2) is 6.61 Å². The van der Waals surface area contributed by atoms with Crippen molar-refractivity contribution < 1.29 is 9.53 Å². The first-order valence-corrected chi connectivity index (χ1v) is 9.43. The fraction of sp³-hybridized carbons (Fsp3) is 0.250. The highest BCUT2D eigenvalue weighted by atomic mass is 32.1. The standard InChI is InChI=1S/C20H21N3O2S/c1-3-14(2)15-4-8-17(9-5-15)22-19(24)12-25-18-10-6-16(7-11-18)20-23-21-13-26-20/h4-11,13-14H,3,12H2,1-2H3,(H,22,24)/t14-/m1/s1. The van der Waals surface area contributed by atoms with Crippen LogP contribution in [-0.2, 0) is 4.79 Å². The molecule has 1 atom stereocenters. The summed E-state index contributed by atoms with van der Waals surface area (Å²) in [5, 5.41) is 11.6. The highest BCUT2D eigenvalue weighted by Crippen LogP contribution is 2.23. The molecule has 1 N–H and O–H groups in total. The van der Waals surface area contributed by atoms with Crippen LogP contribution in [0.5, 0.6) is 5.75 Å². The van der Waals surface area contributed by atoms with Crippen LogP contribution in [0.4, 0.5) is 5.69 Å². The minimum atomic E-state index is -0.186. The molecule has 0 spiro atoms. The lowest BCUT2D eigenvalue weighted by molar-refractivity contribution is -0.118. The number of carbonyl (C=O) groups excluding carboxylic acids is 1. The maximum absolute atomic E-state index is 12.1. The lowest BCUT2D eigenvalue weighted by Crippen LogP contribution is -2.20. The van der Waals surface area contributed by atoms with E-state index in [-0.39, 0.29) is 12.5 Å². The normalized spacial score (nSPS) is 11.8. The van der Waals surface area contributed by atoms with E-state index < -0.39 is 0 Å². The molecule has 1 heterocycles. The number of anilines is 1. The Morgan fingerprint density at radius 2 is 1.88 bits per heavy atom. The van der Waals surface area contributed by atoms with E-state index >= 15 is 0 Å². The molecule has 1 amide bonds. The highest BCUT2D eigenvalue weighted by Gasteiger charge is 2.07. The van der Waals surface area contributed by atoms with Crippen molar-refractivity contribution in [1.82, 2.24) is 10.2 Å². The molecule has 3 aromatic rings. The van der Waals surface area contributed by atoms with Gasteiger partial charge in [0.2, 0.25) is 0 Å². The maximum Gasteiger partial charge on any atom is 0.262 e. The fourth-order valence-corrected chi connectivity index (χ4v) is 3.03. The SMILES string of the molecule is CC[C@@H](C)c1ccc(NC(=O)COc2ccc(-c3nncs3)cc2)cc1. The van der Waals surface area contributed by atoms with Crippen LogP contribution in [0.1, 0.15) is 31.7 Å². The van der Waals surface area contributed by atoms with Gasteiger partial charge in [-0.3, -0.25) is 4.79 Å². The molecular formula is C20H21N3O2S. The van der Waals surface area contributed by atoms with E-state index in [0.717, 1.165) is 22.7 Å². The minimum absolute atomic E-state index is 0.0364. The quantitative estimate of drug-likeness (QED) is 0.655. The van der Waals surface area contributed by atoms with E-state index in [4.69, 9.17) is 4.74 Å². The molecule has 5 nitrogen and oxygen atoms in total. The van der Waals surface area contributed by atoms with Crippen molar-refractivity contribution in [2.75, 3.05) is 11.9 Å². The minimum Gasteiger partial charge on any atom is -0.484 e. The van der Waals surface area contributed by atoms with Crippen LogP contribution in [0.2, 0.25) is 0 Å². The molecule has 1 aromatic heterocycles. The molecular weight excluding hydrogens is 346 g/mol. The topological polar surface area (TPSA) is 64.1 Å². The number of aromatic nitrogens is 2. The molecule has 0 aliphatic carbocycles. The number of nitrogens with one attached hydrogen (secondary N) is 1. The summed E-state index contributed by atoms with van der Waals surface area (Å²) >= 11 is 1.48. The molecule has 134 valence electrons. The Bertz CT molecular complexity index is 831. The largest absolute Gasteiger partial charge is 0.484 e. The van der Waals surface area contributed by atoms with Crippen LogP contribution >= 0.6 is 11.3 Å². The second kappa shape index (κ2) is 8.58. The van der Waals surface area contributed by atoms with Gasteiger partial charge in [-0.2, -0.15) is 0 Å². The zero-order chi connectivity index (χ0) is 18.4. The lowest BCUT2D eigenvalue weighted by atomic mass is 9.99. The third kappa shape index (κ3) is 4.67. The monoisotopic (exact) mass is 367 g/mol. The first-order valence-electron chi connectivity index (χ1n) is 8.55. The first kappa shape index (κ1) is 18.1. The van der Waals surface area contributed by atoms with Gasteiger partial charge in [0.25, 0.3) is 5.91 Å². The Labute approximate surface area is 157 Å². The van der Waals surface area contributed by atoms with Crippen molar-refractivity contribution in [3.63, 3.8) is 0 Å². The van der Waals surface area contributed by atoms with Gasteiger partial charge in [0.1, 0.15) is 16.3 Å². The Morgan fingerprint density at radius 3 is 2.50 bits per heavy atom. The van der Waals surface area contributed by atoms with Gasteiger partial charge >= 0.3 is 0 Å². The van der Waals surface area contributed by atoms with Crippen LogP contribution < -0.4 is 10.1 Å². The molecule has 0 saturated heterocycles. The van der Waals surface area contributed by atoms with Gasteiger partial charge in [-0.15, -0.1) is 10.2 Å². The molecule has 2 aromatic carbocycles. The van der Waals surface area contributed by atoms with Crippen LogP contribution in [0, 0.1) is 0 Å². The number of hydrogen-bond acceptors (Lipinski definition) is 5. The van der Waals surface area contributed by atoms with E-state index in [0.29, 0.717) is 11.7 Å². The number of ether oxygens (including phenoxy) is 1. The van der Waals surface area contributed by atoms with Gasteiger partial charge < -0.3 is 10.1 Å². The van der Waals surface area contributed by atoms with Crippen LogP contribution in [0.15, 0.2) is 54.0 Å². The Morgan fingerprint density at radius 1 is 1.15 bits per heavy atom. The van der Waals surface area contributed by atoms with Crippen molar-refractivity contribution in [2.45, 2.75) is 26.2 Å². The van der Waals surface area contributed by atoms with E-state index in [1.54, 1.807) is 5.51 Å². The number of amides is 1. The zero-order valence-corrected chi connectivity index (χ0v) is 15.6. The molecule has 0 fully saturated rings. The molecule has 0 radical (unpaired) electrons. The fourth-order valence-electron chi connectivity index (χ4n) is 2.47. The number of hydrogen-bond donors (Lipinski definition) is 1. The van der Waals surface area contributed by atoms with Crippen molar-refractivity contribution in [3.8, 4) is 16.3 Å². The van der Waals surface area contributed by atoms with Crippen LogP contribution in [0.25, 0.3) is 10.6 Å². The molecule has 26 heavy (non-hydrogen) atoms. The summed E-state index contributed by atoms with van der Waals surface area (Å²) in [5.74, 6) is 0.973. The predicted molar refractivity (Wildman–Crippen MR) is 105 cm³/mol. The molecule has 0 unspecified atom stereocenters. The average Bonchev–Trinajstić information content (AvgIpc) is 3.21. The summed E-state index contributed by atoms with van der Waals surface area (Å²) in [6.07, 6.45) is 1.09. The summed E-state index contributed by atoms with van der Waals surface area (Å²) in [7, 11) is 0. The average molecular weight is 367 g/mol. The summed E-state index contributed by atoms with van der Waals surface area (Å²) < 4.78 is 5.55. The van der Waals surface area contributed by atoms with Gasteiger partial charge in [-0.25, -0.2) is 0 Å². The maximum atomic E-state index is 12.1. The Kier molecular flexibility index (Phi) is 5.96. The van der Waals surface area contributed by atoms with E-state index in [9.17, 15) is 4.79 Å². The molecule has 0 saturated carbocycles. The summed E-state index contributed by atoms with van der Waals surface area (Å²) in [4.78, 5) is 12.1. The number of benzene rings is 2. The summed E-state index contributed by atoms with van der Waals surface area (Å²) in [6, 6.07) is 15.4. The van der Waals surface area contributed by atoms with Crippen LogP contribution in [0.3, 0.4) is 0 Å². The number of rotatable bonds is 7. The predicted octanol–water partition coefficient (Wildman–Crippen LogP) is 4.74. The van der Waals surface area contributed by atoms with Crippen molar-refractivity contribution in [1.29, 1.82) is 0 Å².